The van der Waals surface area contributed by atoms with Crippen molar-refractivity contribution in [1.29, 1.82) is 0 Å². The molecule has 0 spiro atoms. The molecule has 0 radical (unpaired) electrons. The number of rotatable bonds is 2. The Kier molecular flexibility index (Phi) is 3.18. The Bertz CT molecular complexity index is 502. The summed E-state index contributed by atoms with van der Waals surface area (Å²) in [6.45, 7) is 1.05. The van der Waals surface area contributed by atoms with E-state index < -0.39 is 0 Å². The molecular formula is C16H19NO. The van der Waals surface area contributed by atoms with Crippen LogP contribution in [-0.2, 0) is 6.42 Å². The molecule has 0 aromatic heterocycles. The average molecular weight is 241 g/mol. The molecule has 0 saturated heterocycles. The number of anilines is 1. The number of fused-ring (bicyclic) bond motifs is 1. The summed E-state index contributed by atoms with van der Waals surface area (Å²) in [5, 5.41) is 3.38. The number of Topliss-reactive ketones (excluding diaryl/α,β-unsaturated/α-hetero) is 1. The van der Waals surface area contributed by atoms with Crippen molar-refractivity contribution in [2.45, 2.75) is 38.5 Å². The van der Waals surface area contributed by atoms with E-state index in [-0.39, 0.29) is 5.78 Å². The monoisotopic (exact) mass is 241 g/mol. The summed E-state index contributed by atoms with van der Waals surface area (Å²) in [6, 6.07) is 6.11. The number of hydrogen-bond acceptors (Lipinski definition) is 2. The summed E-state index contributed by atoms with van der Waals surface area (Å²) in [6.07, 6.45) is 8.77. The first-order valence-electron chi connectivity index (χ1n) is 6.95. The molecule has 0 atom stereocenters. The zero-order chi connectivity index (χ0) is 12.4. The van der Waals surface area contributed by atoms with E-state index in [4.69, 9.17) is 0 Å². The quantitative estimate of drug-likeness (QED) is 0.799. The van der Waals surface area contributed by atoms with Gasteiger partial charge in [0.15, 0.2) is 5.78 Å². The summed E-state index contributed by atoms with van der Waals surface area (Å²) in [5.41, 5.74) is 4.38. The molecule has 0 bridgehead atoms. The lowest BCUT2D eigenvalue weighted by atomic mass is 9.91. The van der Waals surface area contributed by atoms with Crippen LogP contribution >= 0.6 is 0 Å². The van der Waals surface area contributed by atoms with Crippen LogP contribution in [0.4, 0.5) is 5.69 Å². The Balaban J connectivity index is 1.87. The van der Waals surface area contributed by atoms with Gasteiger partial charge in [-0.2, -0.15) is 0 Å². The summed E-state index contributed by atoms with van der Waals surface area (Å²) in [5.74, 6) is 0.239. The molecule has 1 aromatic rings. The van der Waals surface area contributed by atoms with E-state index >= 15 is 0 Å². The second-order valence-electron chi connectivity index (χ2n) is 5.21. The summed E-state index contributed by atoms with van der Waals surface area (Å²) < 4.78 is 0. The minimum Gasteiger partial charge on any atom is -0.385 e. The molecule has 0 unspecified atom stereocenters. The number of carbonyl (C=O) groups is 1. The van der Waals surface area contributed by atoms with E-state index in [2.05, 4.69) is 23.5 Å². The van der Waals surface area contributed by atoms with Crippen LogP contribution in [0.15, 0.2) is 29.8 Å². The Labute approximate surface area is 108 Å². The number of allylic oxidation sites excluding steroid dienone is 2. The molecule has 1 aliphatic carbocycles. The van der Waals surface area contributed by atoms with Crippen molar-refractivity contribution in [3.05, 3.63) is 41.0 Å². The van der Waals surface area contributed by atoms with E-state index in [1.54, 1.807) is 0 Å². The normalized spacial score (nSPS) is 18.6. The van der Waals surface area contributed by atoms with E-state index in [0.29, 0.717) is 0 Å². The van der Waals surface area contributed by atoms with Crippen LogP contribution in [0.2, 0.25) is 0 Å². The maximum Gasteiger partial charge on any atom is 0.188 e. The largest absolute Gasteiger partial charge is 0.385 e. The third-order valence-electron chi connectivity index (χ3n) is 3.89. The van der Waals surface area contributed by atoms with Gasteiger partial charge in [-0.25, -0.2) is 0 Å². The van der Waals surface area contributed by atoms with E-state index in [0.717, 1.165) is 49.8 Å². The minimum absolute atomic E-state index is 0.239. The van der Waals surface area contributed by atoms with E-state index in [1.165, 1.54) is 17.7 Å². The highest BCUT2D eigenvalue weighted by Crippen LogP contribution is 2.26. The first-order chi connectivity index (χ1) is 8.84. The molecule has 1 aliphatic heterocycles. The van der Waals surface area contributed by atoms with Crippen LogP contribution in [0.5, 0.6) is 0 Å². The lowest BCUT2D eigenvalue weighted by Gasteiger charge is -2.19. The van der Waals surface area contributed by atoms with E-state index in [9.17, 15) is 4.79 Å². The van der Waals surface area contributed by atoms with Crippen molar-refractivity contribution in [3.8, 4) is 0 Å². The summed E-state index contributed by atoms with van der Waals surface area (Å²) in [7, 11) is 0. The van der Waals surface area contributed by atoms with Gasteiger partial charge in [0.1, 0.15) is 0 Å². The summed E-state index contributed by atoms with van der Waals surface area (Å²) >= 11 is 0. The maximum atomic E-state index is 12.4. The molecule has 0 saturated carbocycles. The van der Waals surface area contributed by atoms with Crippen LogP contribution in [-0.4, -0.2) is 12.3 Å². The molecule has 1 N–H and O–H groups in total. The van der Waals surface area contributed by atoms with Gasteiger partial charge in [0, 0.05) is 17.8 Å². The van der Waals surface area contributed by atoms with Gasteiger partial charge < -0.3 is 5.32 Å². The molecule has 2 aliphatic rings. The molecule has 94 valence electrons. The summed E-state index contributed by atoms with van der Waals surface area (Å²) in [4.78, 5) is 12.4. The first-order valence-corrected chi connectivity index (χ1v) is 6.95. The minimum atomic E-state index is 0.239. The van der Waals surface area contributed by atoms with Crippen LogP contribution in [0, 0.1) is 0 Å². The number of benzene rings is 1. The molecule has 1 aromatic carbocycles. The van der Waals surface area contributed by atoms with Crippen molar-refractivity contribution in [2.24, 2.45) is 0 Å². The third kappa shape index (κ3) is 2.20. The molecule has 0 amide bonds. The van der Waals surface area contributed by atoms with Crippen molar-refractivity contribution >= 4 is 11.5 Å². The SMILES string of the molecule is O=C(C1=CCCCC1)c1ccc2c(c1)CCCN2. The number of aryl methyl sites for hydroxylation is 1. The maximum absolute atomic E-state index is 12.4. The fourth-order valence-corrected chi connectivity index (χ4v) is 2.85. The van der Waals surface area contributed by atoms with Crippen molar-refractivity contribution < 1.29 is 4.79 Å². The zero-order valence-corrected chi connectivity index (χ0v) is 10.7. The van der Waals surface area contributed by atoms with Crippen LogP contribution in [0.3, 0.4) is 0 Å². The van der Waals surface area contributed by atoms with Crippen LogP contribution in [0.1, 0.15) is 48.0 Å². The van der Waals surface area contributed by atoms with Crippen LogP contribution in [0.25, 0.3) is 0 Å². The molecular weight excluding hydrogens is 222 g/mol. The van der Waals surface area contributed by atoms with E-state index in [1.807, 2.05) is 6.07 Å². The van der Waals surface area contributed by atoms with Crippen molar-refractivity contribution in [2.75, 3.05) is 11.9 Å². The van der Waals surface area contributed by atoms with Crippen molar-refractivity contribution in [3.63, 3.8) is 0 Å². The predicted molar refractivity (Wildman–Crippen MR) is 74.1 cm³/mol. The number of carbonyl (C=O) groups excluding carboxylic acids is 1. The van der Waals surface area contributed by atoms with Gasteiger partial charge in [0.2, 0.25) is 0 Å². The van der Waals surface area contributed by atoms with Gasteiger partial charge >= 0.3 is 0 Å². The third-order valence-corrected chi connectivity index (χ3v) is 3.89. The average Bonchev–Trinajstić information content (AvgIpc) is 2.47. The number of ketones is 1. The van der Waals surface area contributed by atoms with Gasteiger partial charge in [-0.1, -0.05) is 6.08 Å². The van der Waals surface area contributed by atoms with Gasteiger partial charge in [0.05, 0.1) is 0 Å². The van der Waals surface area contributed by atoms with Crippen molar-refractivity contribution in [1.82, 2.24) is 0 Å². The molecule has 1 heterocycles. The smallest absolute Gasteiger partial charge is 0.188 e. The van der Waals surface area contributed by atoms with Gasteiger partial charge in [-0.3, -0.25) is 4.79 Å². The number of hydrogen-bond donors (Lipinski definition) is 1. The highest BCUT2D eigenvalue weighted by molar-refractivity contribution is 6.09. The second-order valence-corrected chi connectivity index (χ2v) is 5.21. The molecule has 3 rings (SSSR count). The molecule has 2 nitrogen and oxygen atoms in total. The van der Waals surface area contributed by atoms with Gasteiger partial charge in [-0.15, -0.1) is 0 Å². The molecule has 2 heteroatoms. The first kappa shape index (κ1) is 11.5. The highest BCUT2D eigenvalue weighted by Gasteiger charge is 2.16. The Morgan fingerprint density at radius 3 is 2.89 bits per heavy atom. The van der Waals surface area contributed by atoms with Gasteiger partial charge in [0.25, 0.3) is 0 Å². The molecule has 18 heavy (non-hydrogen) atoms. The standard InChI is InChI=1S/C16H19NO/c18-16(12-5-2-1-3-6-12)14-8-9-15-13(11-14)7-4-10-17-15/h5,8-9,11,17H,1-4,6-7,10H2. The Morgan fingerprint density at radius 1 is 1.11 bits per heavy atom. The zero-order valence-electron chi connectivity index (χ0n) is 10.7. The number of nitrogens with one attached hydrogen (secondary N) is 1. The van der Waals surface area contributed by atoms with Crippen LogP contribution < -0.4 is 5.32 Å². The fraction of sp³-hybridized carbons (Fsp3) is 0.438. The second kappa shape index (κ2) is 4.97. The fourth-order valence-electron chi connectivity index (χ4n) is 2.85. The molecule has 0 fully saturated rings. The lowest BCUT2D eigenvalue weighted by Crippen LogP contribution is -2.13. The van der Waals surface area contributed by atoms with Gasteiger partial charge in [-0.05, 0) is 67.9 Å². The lowest BCUT2D eigenvalue weighted by molar-refractivity contribution is 0.102. The predicted octanol–water partition coefficient (Wildman–Crippen LogP) is 3.73. The topological polar surface area (TPSA) is 29.1 Å². The Hall–Kier alpha value is -1.57. The Morgan fingerprint density at radius 2 is 2.06 bits per heavy atom. The highest BCUT2D eigenvalue weighted by atomic mass is 16.1.